The van der Waals surface area contributed by atoms with Gasteiger partial charge >= 0.3 is 0 Å². The third kappa shape index (κ3) is 2.83. The van der Waals surface area contributed by atoms with Crippen LogP contribution in [-0.4, -0.2) is 0 Å². The predicted molar refractivity (Wildman–Crippen MR) is 147 cm³/mol. The Hall–Kier alpha value is -4.30. The maximum atomic E-state index is 2.47. The van der Waals surface area contributed by atoms with Gasteiger partial charge in [0, 0.05) is 11.1 Å². The molecule has 2 aliphatic heterocycles. The zero-order valence-corrected chi connectivity index (χ0v) is 19.9. The summed E-state index contributed by atoms with van der Waals surface area (Å²) in [5.74, 6) is 0. The molecule has 5 aromatic rings. The molecule has 0 saturated heterocycles. The average molecular weight is 451 g/mol. The van der Waals surface area contributed by atoms with Gasteiger partial charge in [0.15, 0.2) is 0 Å². The molecule has 0 spiro atoms. The van der Waals surface area contributed by atoms with Gasteiger partial charge in [-0.25, -0.2) is 0 Å². The monoisotopic (exact) mass is 450 g/mol. The van der Waals surface area contributed by atoms with E-state index in [2.05, 4.69) is 145 Å². The second kappa shape index (κ2) is 7.35. The predicted octanol–water partition coefficient (Wildman–Crippen LogP) is 9.25. The van der Waals surface area contributed by atoms with Crippen LogP contribution in [0.15, 0.2) is 121 Å². The summed E-state index contributed by atoms with van der Waals surface area (Å²) in [5, 5.41) is 0. The van der Waals surface area contributed by atoms with Gasteiger partial charge in [-0.2, -0.15) is 0 Å². The molecule has 35 heavy (non-hydrogen) atoms. The largest absolute Gasteiger partial charge is 0.306 e. The van der Waals surface area contributed by atoms with Crippen LogP contribution in [0.3, 0.4) is 0 Å². The Kier molecular flexibility index (Phi) is 4.22. The zero-order chi connectivity index (χ0) is 23.6. The van der Waals surface area contributed by atoms with E-state index in [0.29, 0.717) is 0 Å². The zero-order valence-electron chi connectivity index (χ0n) is 19.9. The van der Waals surface area contributed by atoms with Crippen LogP contribution in [0.1, 0.15) is 25.0 Å². The number of fused-ring (bicyclic) bond motifs is 4. The molecule has 0 unspecified atom stereocenters. The molecule has 7 rings (SSSR count). The molecule has 0 bridgehead atoms. The summed E-state index contributed by atoms with van der Waals surface area (Å²) in [4.78, 5) is 4.89. The lowest BCUT2D eigenvalue weighted by atomic mass is 9.72. The van der Waals surface area contributed by atoms with Gasteiger partial charge in [0.05, 0.1) is 28.4 Å². The van der Waals surface area contributed by atoms with Gasteiger partial charge in [-0.3, -0.25) is 0 Å². The summed E-state index contributed by atoms with van der Waals surface area (Å²) in [5.41, 5.74) is 12.4. The fourth-order valence-electron chi connectivity index (χ4n) is 5.85. The van der Waals surface area contributed by atoms with Crippen molar-refractivity contribution in [3.05, 3.63) is 132 Å². The highest BCUT2D eigenvalue weighted by atomic mass is 15.3. The molecule has 2 heterocycles. The third-order valence-corrected chi connectivity index (χ3v) is 7.57. The van der Waals surface area contributed by atoms with Crippen LogP contribution in [0.25, 0.3) is 11.1 Å². The molecule has 2 nitrogen and oxygen atoms in total. The van der Waals surface area contributed by atoms with Crippen LogP contribution in [0.4, 0.5) is 34.1 Å². The Morgan fingerprint density at radius 3 is 1.71 bits per heavy atom. The fourth-order valence-corrected chi connectivity index (χ4v) is 5.85. The number of benzene rings is 5. The van der Waals surface area contributed by atoms with Gasteiger partial charge in [-0.1, -0.05) is 98.8 Å². The molecule has 0 saturated carbocycles. The quantitative estimate of drug-likeness (QED) is 0.259. The van der Waals surface area contributed by atoms with E-state index in [1.807, 2.05) is 0 Å². The molecule has 0 N–H and O–H groups in total. The summed E-state index contributed by atoms with van der Waals surface area (Å²) in [6.07, 6.45) is 0. The van der Waals surface area contributed by atoms with E-state index in [0.717, 1.165) is 0 Å². The van der Waals surface area contributed by atoms with Crippen molar-refractivity contribution in [2.75, 3.05) is 9.80 Å². The molecule has 2 aliphatic rings. The topological polar surface area (TPSA) is 6.48 Å². The number of rotatable bonds is 2. The maximum Gasteiger partial charge on any atom is 0.0744 e. The maximum absolute atomic E-state index is 2.47. The van der Waals surface area contributed by atoms with E-state index in [-0.39, 0.29) is 5.41 Å². The number of hydrogen-bond acceptors (Lipinski definition) is 2. The van der Waals surface area contributed by atoms with Crippen LogP contribution >= 0.6 is 0 Å². The highest BCUT2D eigenvalue weighted by Gasteiger charge is 2.42. The molecule has 0 aromatic heterocycles. The van der Waals surface area contributed by atoms with Crippen molar-refractivity contribution in [1.29, 1.82) is 0 Å². The molecule has 0 aliphatic carbocycles. The lowest BCUT2D eigenvalue weighted by Gasteiger charge is -2.48. The summed E-state index contributed by atoms with van der Waals surface area (Å²) in [6.45, 7) is 4.69. The first-order valence-electron chi connectivity index (χ1n) is 12.2. The van der Waals surface area contributed by atoms with Gasteiger partial charge in [-0.15, -0.1) is 0 Å². The van der Waals surface area contributed by atoms with Gasteiger partial charge in [0.25, 0.3) is 0 Å². The first-order chi connectivity index (χ1) is 17.1. The van der Waals surface area contributed by atoms with Crippen LogP contribution < -0.4 is 9.80 Å². The molecular formula is C33H26N2. The van der Waals surface area contributed by atoms with Crippen molar-refractivity contribution in [2.24, 2.45) is 0 Å². The SMILES string of the molecule is CC1(C)c2ccccc2N2c3ccccc3N(c3ccc(-c4ccccc4)cc3)c3cccc1c32. The van der Waals surface area contributed by atoms with Crippen molar-refractivity contribution in [2.45, 2.75) is 19.3 Å². The summed E-state index contributed by atoms with van der Waals surface area (Å²) in [6, 6.07) is 43.9. The first-order valence-corrected chi connectivity index (χ1v) is 12.2. The molecule has 168 valence electrons. The smallest absolute Gasteiger partial charge is 0.0744 e. The van der Waals surface area contributed by atoms with Crippen molar-refractivity contribution in [1.82, 2.24) is 0 Å². The van der Waals surface area contributed by atoms with Gasteiger partial charge in [-0.05, 0) is 58.7 Å². The van der Waals surface area contributed by atoms with Crippen molar-refractivity contribution >= 4 is 34.1 Å². The second-order valence-corrected chi connectivity index (χ2v) is 9.89. The molecule has 0 radical (unpaired) electrons. The van der Waals surface area contributed by atoms with Crippen molar-refractivity contribution in [3.8, 4) is 11.1 Å². The third-order valence-electron chi connectivity index (χ3n) is 7.57. The van der Waals surface area contributed by atoms with Gasteiger partial charge in [0.2, 0.25) is 0 Å². The van der Waals surface area contributed by atoms with E-state index in [4.69, 9.17) is 0 Å². The first kappa shape index (κ1) is 20.1. The van der Waals surface area contributed by atoms with E-state index < -0.39 is 0 Å². The Balaban J connectivity index is 1.46. The van der Waals surface area contributed by atoms with E-state index in [9.17, 15) is 0 Å². The highest BCUT2D eigenvalue weighted by molar-refractivity contribution is 6.04. The summed E-state index contributed by atoms with van der Waals surface area (Å²) in [7, 11) is 0. The van der Waals surface area contributed by atoms with Crippen LogP contribution in [-0.2, 0) is 5.41 Å². The van der Waals surface area contributed by atoms with Gasteiger partial charge < -0.3 is 9.80 Å². The molecular weight excluding hydrogens is 424 g/mol. The number of nitrogens with zero attached hydrogens (tertiary/aromatic N) is 2. The number of hydrogen-bond donors (Lipinski definition) is 0. The molecule has 0 amide bonds. The average Bonchev–Trinajstić information content (AvgIpc) is 2.91. The normalized spacial score (nSPS) is 14.7. The molecule has 0 fully saturated rings. The van der Waals surface area contributed by atoms with Gasteiger partial charge in [0.1, 0.15) is 0 Å². The minimum absolute atomic E-state index is 0.0897. The Bertz CT molecular complexity index is 1570. The minimum atomic E-state index is -0.0897. The minimum Gasteiger partial charge on any atom is -0.306 e. The standard InChI is InChI=1S/C33H26N2/c1-33(2)26-13-6-7-15-28(26)35-30-17-9-8-16-29(30)34(31-18-10-14-27(33)32(31)35)25-21-19-24(20-22-25)23-11-4-3-5-12-23/h3-22H,1-2H3. The summed E-state index contributed by atoms with van der Waals surface area (Å²) >= 11 is 0. The molecule has 5 aromatic carbocycles. The van der Waals surface area contributed by atoms with Crippen LogP contribution in [0.5, 0.6) is 0 Å². The second-order valence-electron chi connectivity index (χ2n) is 9.89. The number of anilines is 6. The Morgan fingerprint density at radius 1 is 0.429 bits per heavy atom. The number of para-hydroxylation sites is 4. The van der Waals surface area contributed by atoms with E-state index >= 15 is 0 Å². The van der Waals surface area contributed by atoms with Crippen LogP contribution in [0, 0.1) is 0 Å². The van der Waals surface area contributed by atoms with Crippen LogP contribution in [0.2, 0.25) is 0 Å². The lowest BCUT2D eigenvalue weighted by molar-refractivity contribution is 0.631. The molecule has 0 atom stereocenters. The lowest BCUT2D eigenvalue weighted by Crippen LogP contribution is -2.34. The highest BCUT2D eigenvalue weighted by Crippen LogP contribution is 2.61. The van der Waals surface area contributed by atoms with E-state index in [1.165, 1.54) is 56.4 Å². The van der Waals surface area contributed by atoms with E-state index in [1.54, 1.807) is 0 Å². The van der Waals surface area contributed by atoms with Crippen molar-refractivity contribution < 1.29 is 0 Å². The molecule has 2 heteroatoms. The Morgan fingerprint density at radius 2 is 0.971 bits per heavy atom. The summed E-state index contributed by atoms with van der Waals surface area (Å²) < 4.78 is 0. The Labute approximate surface area is 206 Å². The van der Waals surface area contributed by atoms with Crippen molar-refractivity contribution in [3.63, 3.8) is 0 Å². The fraction of sp³-hybridized carbons (Fsp3) is 0.0909.